The summed E-state index contributed by atoms with van der Waals surface area (Å²) in [5.74, 6) is 0. The molecule has 0 saturated heterocycles. The van der Waals surface area contributed by atoms with Gasteiger partial charge in [-0.1, -0.05) is 16.7 Å². The summed E-state index contributed by atoms with van der Waals surface area (Å²) < 4.78 is 0. The summed E-state index contributed by atoms with van der Waals surface area (Å²) in [4.78, 5) is 6.52. The largest absolute Gasteiger partial charge is 0.260 e. The van der Waals surface area contributed by atoms with Gasteiger partial charge in [0.25, 0.3) is 0 Å². The zero-order valence-corrected chi connectivity index (χ0v) is 6.36. The van der Waals surface area contributed by atoms with Gasteiger partial charge in [-0.2, -0.15) is 0 Å². The third kappa shape index (κ3) is 2.45. The van der Waals surface area contributed by atoms with E-state index in [0.717, 1.165) is 0 Å². The Kier molecular flexibility index (Phi) is 2.72. The van der Waals surface area contributed by atoms with E-state index in [9.17, 15) is 0 Å². The van der Waals surface area contributed by atoms with Gasteiger partial charge in [0, 0.05) is 16.8 Å². The molecule has 0 atom stereocenters. The molecule has 0 bridgehead atoms. The first-order valence-corrected chi connectivity index (χ1v) is 3.32. The number of halogens is 1. The molecule has 5 heteroatoms. The molecule has 0 spiro atoms. The van der Waals surface area contributed by atoms with E-state index >= 15 is 0 Å². The van der Waals surface area contributed by atoms with Gasteiger partial charge in [-0.15, -0.1) is 0 Å². The number of hydrogen-bond acceptors (Lipinski definition) is 2. The average molecular weight is 169 g/mol. The number of azide groups is 1. The lowest BCUT2D eigenvalue weighted by molar-refractivity contribution is 0.976. The summed E-state index contributed by atoms with van der Waals surface area (Å²) in [6.45, 7) is 0.271. The van der Waals surface area contributed by atoms with Crippen molar-refractivity contribution in [3.8, 4) is 0 Å². The Morgan fingerprint density at radius 1 is 1.64 bits per heavy atom. The first kappa shape index (κ1) is 7.85. The minimum Gasteiger partial charge on any atom is -0.260 e. The summed E-state index contributed by atoms with van der Waals surface area (Å²) in [6.07, 6.45) is 1.52. The van der Waals surface area contributed by atoms with Crippen molar-refractivity contribution in [3.63, 3.8) is 0 Å². The smallest absolute Gasteiger partial charge is 0.0684 e. The second-order valence-corrected chi connectivity index (χ2v) is 2.29. The molecule has 1 rings (SSSR count). The highest BCUT2D eigenvalue weighted by Gasteiger charge is 1.90. The summed E-state index contributed by atoms with van der Waals surface area (Å²) in [7, 11) is 0. The van der Waals surface area contributed by atoms with E-state index < -0.39 is 0 Å². The van der Waals surface area contributed by atoms with E-state index in [1.807, 2.05) is 0 Å². The molecular formula is C6H5ClN4. The standard InChI is InChI=1S/C6H5ClN4/c7-5-1-2-6(9-3-5)4-10-11-8/h1-3H,4H2. The van der Waals surface area contributed by atoms with Crippen molar-refractivity contribution < 1.29 is 0 Å². The zero-order valence-electron chi connectivity index (χ0n) is 5.61. The molecule has 0 amide bonds. The number of hydrogen-bond donors (Lipinski definition) is 0. The SMILES string of the molecule is [N-]=[N+]=NCc1ccc(Cl)cn1. The van der Waals surface area contributed by atoms with Gasteiger partial charge in [0.2, 0.25) is 0 Å². The molecule has 0 aliphatic heterocycles. The van der Waals surface area contributed by atoms with E-state index in [-0.39, 0.29) is 6.54 Å². The van der Waals surface area contributed by atoms with Crippen molar-refractivity contribution in [2.24, 2.45) is 5.11 Å². The van der Waals surface area contributed by atoms with Crippen molar-refractivity contribution in [1.29, 1.82) is 0 Å². The Labute approximate surface area is 68.5 Å². The quantitative estimate of drug-likeness (QED) is 0.380. The van der Waals surface area contributed by atoms with Crippen LogP contribution in [0.5, 0.6) is 0 Å². The van der Waals surface area contributed by atoms with Gasteiger partial charge in [0.05, 0.1) is 11.6 Å². The first-order valence-electron chi connectivity index (χ1n) is 2.94. The fourth-order valence-electron chi connectivity index (χ4n) is 0.604. The molecule has 0 aliphatic rings. The van der Waals surface area contributed by atoms with Crippen LogP contribution in [0.25, 0.3) is 10.4 Å². The lowest BCUT2D eigenvalue weighted by atomic mass is 10.4. The molecule has 56 valence electrons. The molecule has 11 heavy (non-hydrogen) atoms. The third-order valence-electron chi connectivity index (χ3n) is 1.08. The van der Waals surface area contributed by atoms with Gasteiger partial charge in [-0.25, -0.2) is 0 Å². The maximum atomic E-state index is 7.99. The molecule has 0 saturated carbocycles. The van der Waals surface area contributed by atoms with Crippen LogP contribution in [0, 0.1) is 0 Å². The molecule has 0 aliphatic carbocycles. The van der Waals surface area contributed by atoms with Gasteiger partial charge in [-0.05, 0) is 17.7 Å². The summed E-state index contributed by atoms with van der Waals surface area (Å²) >= 11 is 5.58. The molecular weight excluding hydrogens is 164 g/mol. The maximum Gasteiger partial charge on any atom is 0.0684 e. The predicted molar refractivity (Wildman–Crippen MR) is 42.1 cm³/mol. The summed E-state index contributed by atoms with van der Waals surface area (Å²) in [5.41, 5.74) is 8.70. The first-order chi connectivity index (χ1) is 5.33. The van der Waals surface area contributed by atoms with E-state index in [0.29, 0.717) is 10.7 Å². The van der Waals surface area contributed by atoms with Crippen LogP contribution in [0.2, 0.25) is 5.02 Å². The monoisotopic (exact) mass is 168 g/mol. The number of nitrogens with zero attached hydrogens (tertiary/aromatic N) is 4. The van der Waals surface area contributed by atoms with Crippen LogP contribution in [0.4, 0.5) is 0 Å². The third-order valence-corrected chi connectivity index (χ3v) is 1.31. The van der Waals surface area contributed by atoms with Crippen LogP contribution in [-0.2, 0) is 6.54 Å². The van der Waals surface area contributed by atoms with Crippen LogP contribution in [0.1, 0.15) is 5.69 Å². The maximum absolute atomic E-state index is 7.99. The number of pyridine rings is 1. The molecule has 1 heterocycles. The molecule has 0 fully saturated rings. The van der Waals surface area contributed by atoms with E-state index in [2.05, 4.69) is 15.0 Å². The minimum absolute atomic E-state index is 0.271. The number of rotatable bonds is 2. The van der Waals surface area contributed by atoms with Gasteiger partial charge in [0.15, 0.2) is 0 Å². The topological polar surface area (TPSA) is 61.7 Å². The van der Waals surface area contributed by atoms with Crippen molar-refractivity contribution in [1.82, 2.24) is 4.98 Å². The average Bonchev–Trinajstić information content (AvgIpc) is 2.04. The molecule has 1 aromatic heterocycles. The van der Waals surface area contributed by atoms with E-state index in [4.69, 9.17) is 17.1 Å². The van der Waals surface area contributed by atoms with E-state index in [1.165, 1.54) is 6.20 Å². The van der Waals surface area contributed by atoms with Crippen LogP contribution < -0.4 is 0 Å². The molecule has 0 unspecified atom stereocenters. The molecule has 0 N–H and O–H groups in total. The van der Waals surface area contributed by atoms with Gasteiger partial charge < -0.3 is 0 Å². The van der Waals surface area contributed by atoms with Crippen molar-refractivity contribution in [2.75, 3.05) is 0 Å². The van der Waals surface area contributed by atoms with Crippen LogP contribution in [-0.4, -0.2) is 4.98 Å². The van der Waals surface area contributed by atoms with Crippen molar-refractivity contribution in [2.45, 2.75) is 6.54 Å². The van der Waals surface area contributed by atoms with Gasteiger partial charge >= 0.3 is 0 Å². The zero-order chi connectivity index (χ0) is 8.10. The lowest BCUT2D eigenvalue weighted by Crippen LogP contribution is -1.84. The lowest BCUT2D eigenvalue weighted by Gasteiger charge is -1.92. The number of aromatic nitrogens is 1. The van der Waals surface area contributed by atoms with Gasteiger partial charge in [-0.3, -0.25) is 4.98 Å². The van der Waals surface area contributed by atoms with Crippen LogP contribution >= 0.6 is 11.6 Å². The molecule has 1 aromatic rings. The summed E-state index contributed by atoms with van der Waals surface area (Å²) in [5, 5.41) is 3.93. The van der Waals surface area contributed by atoms with Crippen molar-refractivity contribution in [3.05, 3.63) is 39.5 Å². The molecule has 4 nitrogen and oxygen atoms in total. The fourth-order valence-corrected chi connectivity index (χ4v) is 0.716. The normalized spacial score (nSPS) is 8.82. The Bertz CT molecular complexity index is 275. The highest BCUT2D eigenvalue weighted by molar-refractivity contribution is 6.30. The van der Waals surface area contributed by atoms with Crippen LogP contribution in [0.3, 0.4) is 0 Å². The predicted octanol–water partition coefficient (Wildman–Crippen LogP) is 2.55. The highest BCUT2D eigenvalue weighted by atomic mass is 35.5. The minimum atomic E-state index is 0.271. The fraction of sp³-hybridized carbons (Fsp3) is 0.167. The highest BCUT2D eigenvalue weighted by Crippen LogP contribution is 2.06. The van der Waals surface area contributed by atoms with Crippen molar-refractivity contribution >= 4 is 11.6 Å². The van der Waals surface area contributed by atoms with Crippen LogP contribution in [0.15, 0.2) is 23.4 Å². The molecule has 0 radical (unpaired) electrons. The Morgan fingerprint density at radius 3 is 3.00 bits per heavy atom. The van der Waals surface area contributed by atoms with E-state index in [1.54, 1.807) is 12.1 Å². The Morgan fingerprint density at radius 2 is 2.45 bits per heavy atom. The molecule has 0 aromatic carbocycles. The van der Waals surface area contributed by atoms with Gasteiger partial charge in [0.1, 0.15) is 0 Å². The Hall–Kier alpha value is -1.25. The Balaban J connectivity index is 2.73. The summed E-state index contributed by atoms with van der Waals surface area (Å²) in [6, 6.07) is 3.42. The second kappa shape index (κ2) is 3.81. The second-order valence-electron chi connectivity index (χ2n) is 1.86.